The zero-order chi connectivity index (χ0) is 15.6. The minimum atomic E-state index is -0.977. The van der Waals surface area contributed by atoms with E-state index in [1.807, 2.05) is 39.0 Å². The van der Waals surface area contributed by atoms with Crippen LogP contribution in [0.15, 0.2) is 24.3 Å². The molecule has 1 atom stereocenters. The molecule has 0 radical (unpaired) electrons. The number of amides is 2. The number of urea groups is 1. The lowest BCUT2D eigenvalue weighted by Gasteiger charge is -2.39. The second-order valence-corrected chi connectivity index (χ2v) is 5.55. The fourth-order valence-corrected chi connectivity index (χ4v) is 2.93. The summed E-state index contributed by atoms with van der Waals surface area (Å²) in [6.07, 6.45) is 0.696. The Bertz CT molecular complexity index is 542. The van der Waals surface area contributed by atoms with Gasteiger partial charge in [-0.15, -0.1) is 0 Å². The van der Waals surface area contributed by atoms with Crippen molar-refractivity contribution in [2.45, 2.75) is 39.3 Å². The number of carbonyl (C=O) groups is 2. The van der Waals surface area contributed by atoms with E-state index in [0.717, 1.165) is 11.1 Å². The van der Waals surface area contributed by atoms with Gasteiger partial charge in [-0.3, -0.25) is 0 Å². The molecule has 0 saturated heterocycles. The summed E-state index contributed by atoms with van der Waals surface area (Å²) in [6.45, 7) is 6.80. The molecule has 0 spiro atoms. The SMILES string of the molecule is CCN(C(=O)N1CCc2ccccc2C1C(=O)O)C(C)C. The van der Waals surface area contributed by atoms with E-state index in [2.05, 4.69) is 0 Å². The number of carbonyl (C=O) groups excluding carboxylic acids is 1. The van der Waals surface area contributed by atoms with Gasteiger partial charge in [-0.2, -0.15) is 0 Å². The Labute approximate surface area is 125 Å². The van der Waals surface area contributed by atoms with Gasteiger partial charge < -0.3 is 14.9 Å². The predicted molar refractivity (Wildman–Crippen MR) is 80.1 cm³/mol. The van der Waals surface area contributed by atoms with Crippen molar-refractivity contribution in [3.8, 4) is 0 Å². The molecule has 1 aromatic carbocycles. The smallest absolute Gasteiger partial charge is 0.331 e. The normalized spacial score (nSPS) is 17.5. The van der Waals surface area contributed by atoms with Gasteiger partial charge in [0.2, 0.25) is 0 Å². The second-order valence-electron chi connectivity index (χ2n) is 5.55. The van der Waals surface area contributed by atoms with Gasteiger partial charge in [0.05, 0.1) is 0 Å². The number of hydrogen-bond donors (Lipinski definition) is 1. The third-order valence-corrected chi connectivity index (χ3v) is 3.97. The van der Waals surface area contributed by atoms with Gasteiger partial charge in [0.1, 0.15) is 0 Å². The molecule has 0 fully saturated rings. The van der Waals surface area contributed by atoms with Crippen LogP contribution in [-0.2, 0) is 11.2 Å². The van der Waals surface area contributed by atoms with Crippen molar-refractivity contribution in [2.75, 3.05) is 13.1 Å². The lowest BCUT2D eigenvalue weighted by molar-refractivity contribution is -0.143. The number of hydrogen-bond acceptors (Lipinski definition) is 2. The summed E-state index contributed by atoms with van der Waals surface area (Å²) in [7, 11) is 0. The molecule has 0 aromatic heterocycles. The summed E-state index contributed by atoms with van der Waals surface area (Å²) < 4.78 is 0. The van der Waals surface area contributed by atoms with Gasteiger partial charge in [-0.1, -0.05) is 24.3 Å². The van der Waals surface area contributed by atoms with Crippen molar-refractivity contribution in [3.05, 3.63) is 35.4 Å². The van der Waals surface area contributed by atoms with Crippen LogP contribution in [0.1, 0.15) is 37.9 Å². The highest BCUT2D eigenvalue weighted by molar-refractivity contribution is 5.85. The monoisotopic (exact) mass is 290 g/mol. The maximum atomic E-state index is 12.7. The largest absolute Gasteiger partial charge is 0.479 e. The zero-order valence-corrected chi connectivity index (χ0v) is 12.7. The number of nitrogens with zero attached hydrogens (tertiary/aromatic N) is 2. The summed E-state index contributed by atoms with van der Waals surface area (Å²) >= 11 is 0. The van der Waals surface area contributed by atoms with Crippen molar-refractivity contribution in [2.24, 2.45) is 0 Å². The van der Waals surface area contributed by atoms with Gasteiger partial charge >= 0.3 is 12.0 Å². The van der Waals surface area contributed by atoms with E-state index in [1.165, 1.54) is 4.90 Å². The summed E-state index contributed by atoms with van der Waals surface area (Å²) in [6, 6.07) is 6.43. The lowest BCUT2D eigenvalue weighted by Crippen LogP contribution is -2.51. The van der Waals surface area contributed by atoms with E-state index < -0.39 is 12.0 Å². The average Bonchev–Trinajstić information content (AvgIpc) is 2.45. The van der Waals surface area contributed by atoms with E-state index in [1.54, 1.807) is 11.0 Å². The second kappa shape index (κ2) is 6.16. The first-order valence-electron chi connectivity index (χ1n) is 7.35. The van der Waals surface area contributed by atoms with E-state index in [4.69, 9.17) is 0 Å². The van der Waals surface area contributed by atoms with Crippen LogP contribution >= 0.6 is 0 Å². The van der Waals surface area contributed by atoms with E-state index in [0.29, 0.717) is 19.5 Å². The summed E-state index contributed by atoms with van der Waals surface area (Å²) in [5.41, 5.74) is 1.74. The molecule has 2 amide bonds. The first-order chi connectivity index (χ1) is 9.97. The maximum absolute atomic E-state index is 12.7. The molecule has 2 rings (SSSR count). The minimum Gasteiger partial charge on any atom is -0.479 e. The van der Waals surface area contributed by atoms with Gasteiger partial charge in [-0.25, -0.2) is 9.59 Å². The molecule has 21 heavy (non-hydrogen) atoms. The van der Waals surface area contributed by atoms with Crippen molar-refractivity contribution in [1.82, 2.24) is 9.80 Å². The molecular formula is C16H22N2O3. The van der Waals surface area contributed by atoms with Crippen LogP contribution in [0.25, 0.3) is 0 Å². The Morgan fingerprint density at radius 1 is 1.38 bits per heavy atom. The Hall–Kier alpha value is -2.04. The van der Waals surface area contributed by atoms with Crippen LogP contribution in [0.3, 0.4) is 0 Å². The predicted octanol–water partition coefficient (Wildman–Crippen LogP) is 2.52. The summed E-state index contributed by atoms with van der Waals surface area (Å²) in [4.78, 5) is 27.6. The molecule has 1 aliphatic heterocycles. The summed E-state index contributed by atoms with van der Waals surface area (Å²) in [5.74, 6) is -0.977. The molecule has 1 aromatic rings. The number of carboxylic acid groups (broad SMARTS) is 1. The first-order valence-corrected chi connectivity index (χ1v) is 7.35. The molecular weight excluding hydrogens is 268 g/mol. The molecule has 0 bridgehead atoms. The van der Waals surface area contributed by atoms with Crippen LogP contribution in [0.4, 0.5) is 4.79 Å². The van der Waals surface area contributed by atoms with Crippen molar-refractivity contribution >= 4 is 12.0 Å². The minimum absolute atomic E-state index is 0.0501. The van der Waals surface area contributed by atoms with Crippen molar-refractivity contribution in [3.63, 3.8) is 0 Å². The van der Waals surface area contributed by atoms with E-state index in [-0.39, 0.29) is 12.1 Å². The average molecular weight is 290 g/mol. The quantitative estimate of drug-likeness (QED) is 0.930. The van der Waals surface area contributed by atoms with Crippen molar-refractivity contribution < 1.29 is 14.7 Å². The van der Waals surface area contributed by atoms with Crippen LogP contribution in [0.2, 0.25) is 0 Å². The number of fused-ring (bicyclic) bond motifs is 1. The number of benzene rings is 1. The maximum Gasteiger partial charge on any atom is 0.331 e. The number of rotatable bonds is 3. The van der Waals surface area contributed by atoms with Gasteiger partial charge in [-0.05, 0) is 38.3 Å². The Balaban J connectivity index is 2.37. The molecule has 1 unspecified atom stereocenters. The van der Waals surface area contributed by atoms with Gasteiger partial charge in [0.25, 0.3) is 0 Å². The zero-order valence-electron chi connectivity index (χ0n) is 12.7. The molecule has 5 heteroatoms. The number of carboxylic acids is 1. The standard InChI is InChI=1S/C16H22N2O3/c1-4-17(11(2)3)16(21)18-10-9-12-7-5-6-8-13(12)14(18)15(19)20/h5-8,11,14H,4,9-10H2,1-3H3,(H,19,20). The Morgan fingerprint density at radius 3 is 2.62 bits per heavy atom. The number of aliphatic carboxylic acids is 1. The fraction of sp³-hybridized carbons (Fsp3) is 0.500. The Morgan fingerprint density at radius 2 is 2.05 bits per heavy atom. The van der Waals surface area contributed by atoms with Crippen LogP contribution in [-0.4, -0.2) is 46.0 Å². The summed E-state index contributed by atoms with van der Waals surface area (Å²) in [5, 5.41) is 9.59. The van der Waals surface area contributed by atoms with Crippen LogP contribution in [0, 0.1) is 0 Å². The third-order valence-electron chi connectivity index (χ3n) is 3.97. The van der Waals surface area contributed by atoms with E-state index in [9.17, 15) is 14.7 Å². The highest BCUT2D eigenvalue weighted by Gasteiger charge is 2.37. The molecule has 114 valence electrons. The third kappa shape index (κ3) is 2.86. The molecule has 0 saturated carbocycles. The van der Waals surface area contributed by atoms with Crippen molar-refractivity contribution in [1.29, 1.82) is 0 Å². The van der Waals surface area contributed by atoms with Gasteiger partial charge in [0, 0.05) is 19.1 Å². The highest BCUT2D eigenvalue weighted by Crippen LogP contribution is 2.31. The highest BCUT2D eigenvalue weighted by atomic mass is 16.4. The van der Waals surface area contributed by atoms with Crippen LogP contribution < -0.4 is 0 Å². The Kier molecular flexibility index (Phi) is 4.50. The molecule has 1 N–H and O–H groups in total. The van der Waals surface area contributed by atoms with Crippen LogP contribution in [0.5, 0.6) is 0 Å². The molecule has 1 heterocycles. The van der Waals surface area contributed by atoms with E-state index >= 15 is 0 Å². The lowest BCUT2D eigenvalue weighted by atomic mass is 9.93. The molecule has 1 aliphatic rings. The first kappa shape index (κ1) is 15.4. The topological polar surface area (TPSA) is 60.9 Å². The molecule has 0 aliphatic carbocycles. The fourth-order valence-electron chi connectivity index (χ4n) is 2.93. The molecule has 5 nitrogen and oxygen atoms in total. The van der Waals surface area contributed by atoms with Gasteiger partial charge in [0.15, 0.2) is 6.04 Å².